The lowest BCUT2D eigenvalue weighted by Gasteiger charge is -2.08. The molecule has 3 nitrogen and oxygen atoms in total. The molecular weight excluding hydrogens is 328 g/mol. The number of carbonyl (C=O) groups excluding carboxylic acids is 1. The van der Waals surface area contributed by atoms with E-state index in [0.717, 1.165) is 14.3 Å². The van der Waals surface area contributed by atoms with Gasteiger partial charge in [0.25, 0.3) is 0 Å². The first kappa shape index (κ1) is 14.0. The van der Waals surface area contributed by atoms with Gasteiger partial charge in [0.15, 0.2) is 0 Å². The monoisotopic (exact) mass is 338 g/mol. The van der Waals surface area contributed by atoms with Gasteiger partial charge in [-0.1, -0.05) is 27.7 Å². The molecule has 0 saturated carbocycles. The van der Waals surface area contributed by atoms with Gasteiger partial charge in [0, 0.05) is 14.3 Å². The Labute approximate surface area is 123 Å². The number of phenols is 1. The molecule has 0 saturated heterocycles. The second-order valence-corrected chi connectivity index (χ2v) is 5.76. The molecule has 2 aromatic rings. The molecule has 0 radical (unpaired) electrons. The van der Waals surface area contributed by atoms with Crippen molar-refractivity contribution in [3.05, 3.63) is 52.5 Å². The van der Waals surface area contributed by atoms with Crippen molar-refractivity contribution in [1.29, 1.82) is 0 Å². The SMILES string of the molecule is COC(=O)c1cc(Br)ccc1Sc1ccc(O)cc1. The predicted molar refractivity (Wildman–Crippen MR) is 77.7 cm³/mol. The maximum atomic E-state index is 11.7. The lowest BCUT2D eigenvalue weighted by Crippen LogP contribution is -2.03. The molecule has 0 aliphatic carbocycles. The number of hydrogen-bond acceptors (Lipinski definition) is 4. The standard InChI is InChI=1S/C14H11BrO3S/c1-18-14(17)12-8-9(15)2-7-13(12)19-11-5-3-10(16)4-6-11/h2-8,16H,1H3. The first-order valence-corrected chi connectivity index (χ1v) is 7.06. The van der Waals surface area contributed by atoms with Crippen LogP contribution in [0.1, 0.15) is 10.4 Å². The average molecular weight is 339 g/mol. The largest absolute Gasteiger partial charge is 0.508 e. The van der Waals surface area contributed by atoms with Crippen molar-refractivity contribution in [1.82, 2.24) is 0 Å². The van der Waals surface area contributed by atoms with E-state index in [1.165, 1.54) is 18.9 Å². The number of esters is 1. The van der Waals surface area contributed by atoms with E-state index in [-0.39, 0.29) is 11.7 Å². The maximum absolute atomic E-state index is 11.7. The van der Waals surface area contributed by atoms with Gasteiger partial charge in [-0.2, -0.15) is 0 Å². The molecule has 0 heterocycles. The van der Waals surface area contributed by atoms with Crippen molar-refractivity contribution < 1.29 is 14.6 Å². The summed E-state index contributed by atoms with van der Waals surface area (Å²) in [7, 11) is 1.36. The van der Waals surface area contributed by atoms with Gasteiger partial charge in [-0.15, -0.1) is 0 Å². The summed E-state index contributed by atoms with van der Waals surface area (Å²) in [5, 5.41) is 9.25. The van der Waals surface area contributed by atoms with Crippen LogP contribution < -0.4 is 0 Å². The molecule has 0 unspecified atom stereocenters. The van der Waals surface area contributed by atoms with Gasteiger partial charge in [0.2, 0.25) is 0 Å². The number of halogens is 1. The van der Waals surface area contributed by atoms with Gasteiger partial charge in [-0.3, -0.25) is 0 Å². The van der Waals surface area contributed by atoms with Crippen molar-refractivity contribution >= 4 is 33.7 Å². The Kier molecular flexibility index (Phi) is 4.50. The van der Waals surface area contributed by atoms with E-state index < -0.39 is 0 Å². The highest BCUT2D eigenvalue weighted by atomic mass is 79.9. The molecule has 2 rings (SSSR count). The summed E-state index contributed by atoms with van der Waals surface area (Å²) in [4.78, 5) is 13.5. The molecule has 0 aliphatic heterocycles. The highest BCUT2D eigenvalue weighted by Gasteiger charge is 2.13. The van der Waals surface area contributed by atoms with Crippen LogP contribution in [0.5, 0.6) is 5.75 Å². The Bertz CT molecular complexity index is 596. The predicted octanol–water partition coefficient (Wildman–Crippen LogP) is 4.09. The Morgan fingerprint density at radius 2 is 1.89 bits per heavy atom. The van der Waals surface area contributed by atoms with E-state index in [1.54, 1.807) is 30.3 Å². The molecule has 5 heteroatoms. The van der Waals surface area contributed by atoms with Gasteiger partial charge in [0.1, 0.15) is 5.75 Å². The number of hydrogen-bond donors (Lipinski definition) is 1. The maximum Gasteiger partial charge on any atom is 0.339 e. The van der Waals surface area contributed by atoms with E-state index in [9.17, 15) is 9.90 Å². The third-order valence-electron chi connectivity index (χ3n) is 2.41. The summed E-state index contributed by atoms with van der Waals surface area (Å²) >= 11 is 4.78. The zero-order valence-electron chi connectivity index (χ0n) is 10.1. The number of methoxy groups -OCH3 is 1. The minimum absolute atomic E-state index is 0.216. The van der Waals surface area contributed by atoms with Crippen molar-refractivity contribution in [2.45, 2.75) is 9.79 Å². The highest BCUT2D eigenvalue weighted by molar-refractivity contribution is 9.10. The third-order valence-corrected chi connectivity index (χ3v) is 3.99. The summed E-state index contributed by atoms with van der Waals surface area (Å²) in [6.07, 6.45) is 0. The summed E-state index contributed by atoms with van der Waals surface area (Å²) in [6, 6.07) is 12.3. The number of carbonyl (C=O) groups is 1. The van der Waals surface area contributed by atoms with Gasteiger partial charge >= 0.3 is 5.97 Å². The second kappa shape index (κ2) is 6.12. The van der Waals surface area contributed by atoms with Crippen molar-refractivity contribution in [2.24, 2.45) is 0 Å². The number of ether oxygens (including phenoxy) is 1. The fourth-order valence-corrected chi connectivity index (χ4v) is 2.78. The Hall–Kier alpha value is -1.46. The number of aromatic hydroxyl groups is 1. The van der Waals surface area contributed by atoms with E-state index >= 15 is 0 Å². The topological polar surface area (TPSA) is 46.5 Å². The van der Waals surface area contributed by atoms with Crippen LogP contribution in [0.15, 0.2) is 56.7 Å². The van der Waals surface area contributed by atoms with Crippen molar-refractivity contribution in [3.8, 4) is 5.75 Å². The van der Waals surface area contributed by atoms with Crippen LogP contribution in [-0.4, -0.2) is 18.2 Å². The minimum atomic E-state index is -0.373. The van der Waals surface area contributed by atoms with Crippen LogP contribution in [0.25, 0.3) is 0 Å². The van der Waals surface area contributed by atoms with Crippen LogP contribution in [0, 0.1) is 0 Å². The Morgan fingerprint density at radius 3 is 2.53 bits per heavy atom. The molecular formula is C14H11BrO3S. The van der Waals surface area contributed by atoms with E-state index in [1.807, 2.05) is 12.1 Å². The summed E-state index contributed by atoms with van der Waals surface area (Å²) in [5.74, 6) is -0.157. The zero-order valence-corrected chi connectivity index (χ0v) is 12.5. The fourth-order valence-electron chi connectivity index (χ4n) is 1.50. The van der Waals surface area contributed by atoms with Crippen LogP contribution in [-0.2, 0) is 4.74 Å². The van der Waals surface area contributed by atoms with E-state index in [0.29, 0.717) is 5.56 Å². The molecule has 0 aromatic heterocycles. The number of benzene rings is 2. The van der Waals surface area contributed by atoms with E-state index in [2.05, 4.69) is 15.9 Å². The van der Waals surface area contributed by atoms with Crippen LogP contribution in [0.2, 0.25) is 0 Å². The molecule has 0 amide bonds. The summed E-state index contributed by atoms with van der Waals surface area (Å²) in [5.41, 5.74) is 0.509. The van der Waals surface area contributed by atoms with Crippen LogP contribution in [0.4, 0.5) is 0 Å². The molecule has 19 heavy (non-hydrogen) atoms. The zero-order chi connectivity index (χ0) is 13.8. The normalized spacial score (nSPS) is 10.2. The Morgan fingerprint density at radius 1 is 1.21 bits per heavy atom. The van der Waals surface area contributed by atoms with Crippen molar-refractivity contribution in [3.63, 3.8) is 0 Å². The van der Waals surface area contributed by atoms with Crippen LogP contribution >= 0.6 is 27.7 Å². The lowest BCUT2D eigenvalue weighted by molar-refractivity contribution is 0.0596. The fraction of sp³-hybridized carbons (Fsp3) is 0.0714. The molecule has 0 spiro atoms. The minimum Gasteiger partial charge on any atom is -0.508 e. The first-order valence-electron chi connectivity index (χ1n) is 5.45. The molecule has 0 bridgehead atoms. The molecule has 0 atom stereocenters. The summed E-state index contributed by atoms with van der Waals surface area (Å²) < 4.78 is 5.60. The van der Waals surface area contributed by atoms with Gasteiger partial charge < -0.3 is 9.84 Å². The second-order valence-electron chi connectivity index (χ2n) is 3.73. The van der Waals surface area contributed by atoms with Crippen molar-refractivity contribution in [2.75, 3.05) is 7.11 Å². The van der Waals surface area contributed by atoms with Crippen LogP contribution in [0.3, 0.4) is 0 Å². The average Bonchev–Trinajstić information content (AvgIpc) is 2.42. The molecule has 98 valence electrons. The smallest absolute Gasteiger partial charge is 0.339 e. The molecule has 0 fully saturated rings. The quantitative estimate of drug-likeness (QED) is 0.856. The first-order chi connectivity index (χ1) is 9.10. The van der Waals surface area contributed by atoms with Gasteiger partial charge in [-0.25, -0.2) is 4.79 Å². The summed E-state index contributed by atoms with van der Waals surface area (Å²) in [6.45, 7) is 0. The lowest BCUT2D eigenvalue weighted by atomic mass is 10.2. The van der Waals surface area contributed by atoms with E-state index in [4.69, 9.17) is 4.74 Å². The highest BCUT2D eigenvalue weighted by Crippen LogP contribution is 2.33. The molecule has 0 aliphatic rings. The van der Waals surface area contributed by atoms with Gasteiger partial charge in [-0.05, 0) is 42.5 Å². The molecule has 1 N–H and O–H groups in total. The molecule has 2 aromatic carbocycles. The third kappa shape index (κ3) is 3.52. The Balaban J connectivity index is 2.34. The van der Waals surface area contributed by atoms with Gasteiger partial charge in [0.05, 0.1) is 12.7 Å². The number of rotatable bonds is 3. The number of phenolic OH excluding ortho intramolecular Hbond substituents is 1.